The molecule has 0 aromatic rings. The van der Waals surface area contributed by atoms with E-state index in [0.29, 0.717) is 6.61 Å². The monoisotopic (exact) mass is 438 g/mol. The Morgan fingerprint density at radius 3 is 1.48 bits per heavy atom. The molecule has 182 valence electrons. The summed E-state index contributed by atoms with van der Waals surface area (Å²) < 4.78 is 10.5. The van der Waals surface area contributed by atoms with Crippen LogP contribution in [0.15, 0.2) is 12.2 Å². The smallest absolute Gasteiger partial charge is 0.331 e. The first-order valence-corrected chi connectivity index (χ1v) is 13.1. The first-order valence-electron chi connectivity index (χ1n) is 13.1. The largest absolute Gasteiger partial charge is 0.463 e. The normalized spacial score (nSPS) is 12.4. The van der Waals surface area contributed by atoms with Crippen LogP contribution in [0.25, 0.3) is 0 Å². The molecule has 0 spiro atoms. The molecular formula is C27H50O4. The van der Waals surface area contributed by atoms with Gasteiger partial charge in [-0.25, -0.2) is 9.59 Å². The molecule has 4 nitrogen and oxygen atoms in total. The standard InChI is InChI=1S/C27H50O4/c1-5-7-8-9-10-11-12-13-14-15-16-17-18-19-20-23-30-26(28)21-22-27(29)31-25(6-2)24(3)4/h21-22,24-25H,5-20,23H2,1-4H3/b22-21+. The third kappa shape index (κ3) is 20.3. The van der Waals surface area contributed by atoms with Crippen LogP contribution in [0, 0.1) is 5.92 Å². The van der Waals surface area contributed by atoms with Gasteiger partial charge in [-0.3, -0.25) is 0 Å². The molecule has 0 aliphatic heterocycles. The van der Waals surface area contributed by atoms with Crippen LogP contribution >= 0.6 is 0 Å². The number of rotatable bonds is 21. The third-order valence-corrected chi connectivity index (χ3v) is 5.76. The fourth-order valence-electron chi connectivity index (χ4n) is 3.71. The highest BCUT2D eigenvalue weighted by Crippen LogP contribution is 2.13. The molecule has 0 N–H and O–H groups in total. The molecule has 0 aromatic heterocycles. The summed E-state index contributed by atoms with van der Waals surface area (Å²) in [6, 6.07) is 0. The van der Waals surface area contributed by atoms with Gasteiger partial charge in [0.1, 0.15) is 6.10 Å². The van der Waals surface area contributed by atoms with Gasteiger partial charge >= 0.3 is 11.9 Å². The molecule has 0 radical (unpaired) electrons. The van der Waals surface area contributed by atoms with E-state index in [9.17, 15) is 9.59 Å². The molecule has 4 heteroatoms. The van der Waals surface area contributed by atoms with Crippen molar-refractivity contribution >= 4 is 11.9 Å². The molecular weight excluding hydrogens is 388 g/mol. The van der Waals surface area contributed by atoms with E-state index >= 15 is 0 Å². The van der Waals surface area contributed by atoms with Crippen molar-refractivity contribution in [1.29, 1.82) is 0 Å². The molecule has 0 rings (SSSR count). The molecule has 0 saturated heterocycles. The summed E-state index contributed by atoms with van der Waals surface area (Å²) in [6.45, 7) is 8.69. The Kier molecular flexibility index (Phi) is 21.0. The number of unbranched alkanes of at least 4 members (excludes halogenated alkanes) is 14. The van der Waals surface area contributed by atoms with Gasteiger partial charge in [-0.2, -0.15) is 0 Å². The fraction of sp³-hybridized carbons (Fsp3) is 0.852. The van der Waals surface area contributed by atoms with E-state index in [1.165, 1.54) is 95.6 Å². The van der Waals surface area contributed by atoms with Crippen LogP contribution in [0.1, 0.15) is 130 Å². The summed E-state index contributed by atoms with van der Waals surface area (Å²) in [5, 5.41) is 0. The Morgan fingerprint density at radius 1 is 0.645 bits per heavy atom. The quantitative estimate of drug-likeness (QED) is 0.104. The lowest BCUT2D eigenvalue weighted by Crippen LogP contribution is -2.21. The van der Waals surface area contributed by atoms with Gasteiger partial charge in [0, 0.05) is 12.2 Å². The zero-order valence-electron chi connectivity index (χ0n) is 21.0. The van der Waals surface area contributed by atoms with Crippen molar-refractivity contribution in [3.63, 3.8) is 0 Å². The topological polar surface area (TPSA) is 52.6 Å². The third-order valence-electron chi connectivity index (χ3n) is 5.76. The Labute approximate surface area is 192 Å². The number of esters is 2. The second-order valence-corrected chi connectivity index (χ2v) is 9.08. The van der Waals surface area contributed by atoms with E-state index < -0.39 is 11.9 Å². The Hall–Kier alpha value is -1.32. The van der Waals surface area contributed by atoms with Crippen LogP contribution in [-0.4, -0.2) is 24.6 Å². The molecule has 0 aliphatic carbocycles. The van der Waals surface area contributed by atoms with Crippen molar-refractivity contribution in [3.05, 3.63) is 12.2 Å². The van der Waals surface area contributed by atoms with Crippen LogP contribution in [0.2, 0.25) is 0 Å². The SMILES string of the molecule is CCCCCCCCCCCCCCCCCOC(=O)/C=C/C(=O)OC(CC)C(C)C. The van der Waals surface area contributed by atoms with Crippen LogP contribution in [0.5, 0.6) is 0 Å². The molecule has 1 unspecified atom stereocenters. The average Bonchev–Trinajstić information content (AvgIpc) is 2.75. The molecule has 0 heterocycles. The van der Waals surface area contributed by atoms with Gasteiger partial charge in [-0.05, 0) is 18.8 Å². The molecule has 0 aromatic carbocycles. The summed E-state index contributed by atoms with van der Waals surface area (Å²) in [5.74, 6) is -0.691. The van der Waals surface area contributed by atoms with Crippen LogP contribution in [0.4, 0.5) is 0 Å². The fourth-order valence-corrected chi connectivity index (χ4v) is 3.71. The van der Waals surface area contributed by atoms with Gasteiger partial charge in [0.25, 0.3) is 0 Å². The van der Waals surface area contributed by atoms with E-state index in [2.05, 4.69) is 6.92 Å². The Balaban J connectivity index is 3.45. The lowest BCUT2D eigenvalue weighted by atomic mass is 10.0. The molecule has 0 saturated carbocycles. The lowest BCUT2D eigenvalue weighted by molar-refractivity contribution is -0.146. The maximum atomic E-state index is 11.7. The minimum Gasteiger partial charge on any atom is -0.463 e. The first-order chi connectivity index (χ1) is 15.0. The minimum atomic E-state index is -0.482. The number of hydrogen-bond acceptors (Lipinski definition) is 4. The maximum absolute atomic E-state index is 11.7. The summed E-state index contributed by atoms with van der Waals surface area (Å²) in [7, 11) is 0. The van der Waals surface area contributed by atoms with Crippen molar-refractivity contribution in [2.75, 3.05) is 6.61 Å². The number of carbonyl (C=O) groups excluding carboxylic acids is 2. The predicted molar refractivity (Wildman–Crippen MR) is 130 cm³/mol. The van der Waals surface area contributed by atoms with Gasteiger partial charge in [0.05, 0.1) is 6.61 Å². The van der Waals surface area contributed by atoms with E-state index in [-0.39, 0.29) is 12.0 Å². The molecule has 0 aliphatic rings. The Morgan fingerprint density at radius 2 is 1.06 bits per heavy atom. The number of ether oxygens (including phenoxy) is 2. The molecule has 0 bridgehead atoms. The van der Waals surface area contributed by atoms with Gasteiger partial charge in [0.2, 0.25) is 0 Å². The van der Waals surface area contributed by atoms with Crippen molar-refractivity contribution in [3.8, 4) is 0 Å². The molecule has 0 amide bonds. The van der Waals surface area contributed by atoms with Crippen LogP contribution < -0.4 is 0 Å². The van der Waals surface area contributed by atoms with Crippen molar-refractivity contribution in [2.45, 2.75) is 137 Å². The first kappa shape index (κ1) is 29.7. The van der Waals surface area contributed by atoms with E-state index in [4.69, 9.17) is 9.47 Å². The summed E-state index contributed by atoms with van der Waals surface area (Å²) in [5.41, 5.74) is 0. The number of carbonyl (C=O) groups is 2. The average molecular weight is 439 g/mol. The van der Waals surface area contributed by atoms with Crippen molar-refractivity contribution in [1.82, 2.24) is 0 Å². The van der Waals surface area contributed by atoms with Gasteiger partial charge < -0.3 is 9.47 Å². The summed E-state index contributed by atoms with van der Waals surface area (Å²) in [6.07, 6.45) is 22.6. The highest BCUT2D eigenvalue weighted by molar-refractivity contribution is 5.91. The molecule has 31 heavy (non-hydrogen) atoms. The van der Waals surface area contributed by atoms with E-state index in [0.717, 1.165) is 19.3 Å². The zero-order chi connectivity index (χ0) is 23.2. The van der Waals surface area contributed by atoms with Gasteiger partial charge in [0.15, 0.2) is 0 Å². The van der Waals surface area contributed by atoms with Gasteiger partial charge in [-0.15, -0.1) is 0 Å². The minimum absolute atomic E-state index is 0.117. The van der Waals surface area contributed by atoms with Gasteiger partial charge in [-0.1, -0.05) is 118 Å². The second-order valence-electron chi connectivity index (χ2n) is 9.08. The van der Waals surface area contributed by atoms with Crippen molar-refractivity contribution in [2.24, 2.45) is 5.92 Å². The summed E-state index contributed by atoms with van der Waals surface area (Å²) in [4.78, 5) is 23.4. The molecule has 1 atom stereocenters. The number of hydrogen-bond donors (Lipinski definition) is 0. The Bertz CT molecular complexity index is 456. The van der Waals surface area contributed by atoms with E-state index in [1.54, 1.807) is 0 Å². The second kappa shape index (κ2) is 21.9. The molecule has 0 fully saturated rings. The van der Waals surface area contributed by atoms with Crippen molar-refractivity contribution < 1.29 is 19.1 Å². The van der Waals surface area contributed by atoms with E-state index in [1.807, 2.05) is 20.8 Å². The highest BCUT2D eigenvalue weighted by Gasteiger charge is 2.14. The zero-order valence-corrected chi connectivity index (χ0v) is 21.0. The maximum Gasteiger partial charge on any atom is 0.331 e. The van der Waals surface area contributed by atoms with Crippen LogP contribution in [0.3, 0.4) is 0 Å². The predicted octanol–water partition coefficient (Wildman–Crippen LogP) is 7.94. The van der Waals surface area contributed by atoms with Crippen LogP contribution in [-0.2, 0) is 19.1 Å². The summed E-state index contributed by atoms with van der Waals surface area (Å²) >= 11 is 0. The lowest BCUT2D eigenvalue weighted by Gasteiger charge is -2.18. The highest BCUT2D eigenvalue weighted by atomic mass is 16.5.